The van der Waals surface area contributed by atoms with Crippen LogP contribution in [-0.2, 0) is 0 Å². The van der Waals surface area contributed by atoms with Gasteiger partial charge >= 0.3 is 6.03 Å². The molecule has 7 nitrogen and oxygen atoms in total. The van der Waals surface area contributed by atoms with Crippen molar-refractivity contribution in [3.8, 4) is 11.4 Å². The van der Waals surface area contributed by atoms with Crippen LogP contribution in [0, 0.1) is 0 Å². The molecule has 0 radical (unpaired) electrons. The van der Waals surface area contributed by atoms with E-state index in [9.17, 15) is 9.59 Å². The minimum absolute atomic E-state index is 0.179. The number of carbonyl (C=O) groups excluding carboxylic acids is 1. The van der Waals surface area contributed by atoms with Gasteiger partial charge in [0.05, 0.1) is 29.2 Å². The average Bonchev–Trinajstić information content (AvgIpc) is 2.90. The Bertz CT molecular complexity index is 1430. The molecule has 1 N–H and O–H groups in total. The molecule has 0 aliphatic heterocycles. The number of hydrogen-bond donors (Lipinski definition) is 1. The summed E-state index contributed by atoms with van der Waals surface area (Å²) in [5.41, 5.74) is 3.00. The van der Waals surface area contributed by atoms with Crippen LogP contribution in [0.15, 0.2) is 77.6 Å². The molecule has 0 spiro atoms. The summed E-state index contributed by atoms with van der Waals surface area (Å²) < 4.78 is 7.18. The number of nitrogens with one attached hydrogen (secondary N) is 1. The van der Waals surface area contributed by atoms with Gasteiger partial charge in [0, 0.05) is 12.7 Å². The van der Waals surface area contributed by atoms with Gasteiger partial charge in [0.15, 0.2) is 0 Å². The highest BCUT2D eigenvalue weighted by molar-refractivity contribution is 5.89. The second-order valence-electron chi connectivity index (χ2n) is 9.30. The summed E-state index contributed by atoms with van der Waals surface area (Å²) in [5, 5.41) is 3.50. The van der Waals surface area contributed by atoms with Crippen molar-refractivity contribution in [2.45, 2.75) is 46.1 Å². The molecular formula is C30H34N4O3. The lowest BCUT2D eigenvalue weighted by Gasteiger charge is -2.29. The number of amides is 2. The number of para-hydroxylation sites is 1. The van der Waals surface area contributed by atoms with E-state index < -0.39 is 6.04 Å². The van der Waals surface area contributed by atoms with E-state index in [1.165, 1.54) is 5.56 Å². The Balaban J connectivity index is 1.74. The minimum Gasteiger partial charge on any atom is -0.494 e. The zero-order valence-electron chi connectivity index (χ0n) is 22.1. The number of benzene rings is 3. The monoisotopic (exact) mass is 498 g/mol. The normalized spacial score (nSPS) is 11.9. The Hall–Kier alpha value is -4.13. The lowest BCUT2D eigenvalue weighted by atomic mass is 10.0. The first-order chi connectivity index (χ1) is 17.8. The molecule has 192 valence electrons. The molecule has 4 aromatic rings. The van der Waals surface area contributed by atoms with E-state index in [-0.39, 0.29) is 11.6 Å². The maximum absolute atomic E-state index is 13.7. The highest BCUT2D eigenvalue weighted by atomic mass is 16.5. The summed E-state index contributed by atoms with van der Waals surface area (Å²) in [6.07, 6.45) is 0.567. The van der Waals surface area contributed by atoms with E-state index in [1.54, 1.807) is 22.6 Å². The van der Waals surface area contributed by atoms with Gasteiger partial charge in [0.1, 0.15) is 11.6 Å². The molecule has 1 unspecified atom stereocenters. The third kappa shape index (κ3) is 5.50. The van der Waals surface area contributed by atoms with Crippen molar-refractivity contribution in [1.82, 2.24) is 14.5 Å². The molecule has 0 aliphatic carbocycles. The van der Waals surface area contributed by atoms with Gasteiger partial charge in [-0.3, -0.25) is 9.36 Å². The van der Waals surface area contributed by atoms with Crippen LogP contribution in [0.25, 0.3) is 16.6 Å². The fourth-order valence-corrected chi connectivity index (χ4v) is 4.42. The van der Waals surface area contributed by atoms with Crippen LogP contribution in [-0.4, -0.2) is 34.1 Å². The van der Waals surface area contributed by atoms with Gasteiger partial charge in [-0.2, -0.15) is 0 Å². The van der Waals surface area contributed by atoms with E-state index in [2.05, 4.69) is 19.2 Å². The molecule has 2 amide bonds. The summed E-state index contributed by atoms with van der Waals surface area (Å²) >= 11 is 0. The molecule has 0 saturated heterocycles. The molecule has 0 fully saturated rings. The summed E-state index contributed by atoms with van der Waals surface area (Å²) in [6, 6.07) is 21.8. The van der Waals surface area contributed by atoms with E-state index in [0.717, 1.165) is 5.75 Å². The van der Waals surface area contributed by atoms with Crippen molar-refractivity contribution < 1.29 is 9.53 Å². The van der Waals surface area contributed by atoms with Crippen molar-refractivity contribution in [1.29, 1.82) is 0 Å². The van der Waals surface area contributed by atoms with Gasteiger partial charge in [-0.15, -0.1) is 0 Å². The molecule has 3 aromatic carbocycles. The Morgan fingerprint density at radius 3 is 2.30 bits per heavy atom. The summed E-state index contributed by atoms with van der Waals surface area (Å²) in [6.45, 7) is 8.73. The van der Waals surface area contributed by atoms with Crippen molar-refractivity contribution in [2.24, 2.45) is 0 Å². The second-order valence-corrected chi connectivity index (χ2v) is 9.30. The highest BCUT2D eigenvalue weighted by Crippen LogP contribution is 2.27. The van der Waals surface area contributed by atoms with Crippen molar-refractivity contribution in [3.63, 3.8) is 0 Å². The van der Waals surface area contributed by atoms with Gasteiger partial charge in [0.2, 0.25) is 0 Å². The number of nitrogens with zero attached hydrogens (tertiary/aromatic N) is 3. The first-order valence-electron chi connectivity index (χ1n) is 12.7. The number of rotatable bonds is 8. The second kappa shape index (κ2) is 11.3. The van der Waals surface area contributed by atoms with Crippen LogP contribution in [0.5, 0.6) is 5.75 Å². The van der Waals surface area contributed by atoms with Gasteiger partial charge in [-0.05, 0) is 73.4 Å². The van der Waals surface area contributed by atoms with E-state index in [4.69, 9.17) is 9.72 Å². The smallest absolute Gasteiger partial charge is 0.322 e. The van der Waals surface area contributed by atoms with Crippen LogP contribution in [0.4, 0.5) is 10.5 Å². The maximum atomic E-state index is 13.7. The molecule has 1 aromatic heterocycles. The van der Waals surface area contributed by atoms with Crippen LogP contribution in [0.1, 0.15) is 57.5 Å². The molecule has 0 aliphatic rings. The molecule has 1 heterocycles. The van der Waals surface area contributed by atoms with E-state index in [0.29, 0.717) is 47.0 Å². The molecule has 7 heteroatoms. The highest BCUT2D eigenvalue weighted by Gasteiger charge is 2.26. The Morgan fingerprint density at radius 1 is 1.00 bits per heavy atom. The predicted molar refractivity (Wildman–Crippen MR) is 149 cm³/mol. The van der Waals surface area contributed by atoms with E-state index >= 15 is 0 Å². The van der Waals surface area contributed by atoms with Crippen LogP contribution in [0.2, 0.25) is 0 Å². The average molecular weight is 499 g/mol. The standard InChI is InChI=1S/C30H34N4O3/c1-6-27(33(5)30(36)31-22-14-12-21(13-15-22)20(3)4)28-32-26-11-9-8-10-25(26)29(35)34(28)23-16-18-24(19-17-23)37-7-2/h8-20,27H,6-7H2,1-5H3,(H,31,36). The topological polar surface area (TPSA) is 76.5 Å². The number of ether oxygens (including phenoxy) is 1. The van der Waals surface area contributed by atoms with Crippen LogP contribution >= 0.6 is 0 Å². The van der Waals surface area contributed by atoms with Crippen LogP contribution in [0.3, 0.4) is 0 Å². The first kappa shape index (κ1) is 25.9. The quantitative estimate of drug-likeness (QED) is 0.300. The number of carbonyl (C=O) groups is 1. The third-order valence-corrected chi connectivity index (χ3v) is 6.51. The van der Waals surface area contributed by atoms with Crippen molar-refractivity contribution in [2.75, 3.05) is 19.0 Å². The molecule has 0 bridgehead atoms. The van der Waals surface area contributed by atoms with Gasteiger partial charge in [0.25, 0.3) is 5.56 Å². The molecule has 4 rings (SSSR count). The van der Waals surface area contributed by atoms with Crippen molar-refractivity contribution in [3.05, 3.63) is 94.5 Å². The summed E-state index contributed by atoms with van der Waals surface area (Å²) in [4.78, 5) is 33.5. The molecule has 0 saturated carbocycles. The first-order valence-corrected chi connectivity index (χ1v) is 12.7. The number of anilines is 1. The summed E-state index contributed by atoms with van der Waals surface area (Å²) in [5.74, 6) is 1.64. The van der Waals surface area contributed by atoms with Gasteiger partial charge < -0.3 is 15.0 Å². The van der Waals surface area contributed by atoms with E-state index in [1.807, 2.05) is 80.6 Å². The lowest BCUT2D eigenvalue weighted by molar-refractivity contribution is 0.199. The minimum atomic E-state index is -0.446. The van der Waals surface area contributed by atoms with Crippen molar-refractivity contribution >= 4 is 22.6 Å². The molecular weight excluding hydrogens is 464 g/mol. The Morgan fingerprint density at radius 2 is 1.68 bits per heavy atom. The number of hydrogen-bond acceptors (Lipinski definition) is 4. The number of aromatic nitrogens is 2. The Kier molecular flexibility index (Phi) is 7.92. The lowest BCUT2D eigenvalue weighted by Crippen LogP contribution is -2.38. The predicted octanol–water partition coefficient (Wildman–Crippen LogP) is 6.52. The zero-order chi connectivity index (χ0) is 26.5. The number of fused-ring (bicyclic) bond motifs is 1. The summed E-state index contributed by atoms with van der Waals surface area (Å²) in [7, 11) is 1.73. The third-order valence-electron chi connectivity index (χ3n) is 6.51. The molecule has 37 heavy (non-hydrogen) atoms. The zero-order valence-corrected chi connectivity index (χ0v) is 22.1. The fraction of sp³-hybridized carbons (Fsp3) is 0.300. The molecule has 1 atom stereocenters. The largest absolute Gasteiger partial charge is 0.494 e. The Labute approximate surface area is 217 Å². The van der Waals surface area contributed by atoms with Gasteiger partial charge in [-0.1, -0.05) is 45.0 Å². The van der Waals surface area contributed by atoms with Crippen LogP contribution < -0.4 is 15.6 Å². The van der Waals surface area contributed by atoms with Gasteiger partial charge in [-0.25, -0.2) is 9.78 Å². The number of urea groups is 1. The maximum Gasteiger partial charge on any atom is 0.322 e. The fourth-order valence-electron chi connectivity index (χ4n) is 4.42. The SMILES string of the molecule is CCOc1ccc(-n2c(C(CC)N(C)C(=O)Nc3ccc(C(C)C)cc3)nc3ccccc3c2=O)cc1.